The quantitative estimate of drug-likeness (QED) is 0.860. The highest BCUT2D eigenvalue weighted by Crippen LogP contribution is 2.27. The number of aromatic nitrogens is 6. The van der Waals surface area contributed by atoms with Crippen molar-refractivity contribution in [2.75, 3.05) is 0 Å². The molecule has 1 aliphatic rings. The third-order valence-electron chi connectivity index (χ3n) is 4.61. The molecule has 2 atom stereocenters. The number of carbonyl (C=O) groups excluding carboxylic acids is 1. The fourth-order valence-corrected chi connectivity index (χ4v) is 3.36. The van der Waals surface area contributed by atoms with E-state index in [9.17, 15) is 4.79 Å². The van der Waals surface area contributed by atoms with E-state index < -0.39 is 0 Å². The smallest absolute Gasteiger partial charge is 0.219 e. The second-order valence-corrected chi connectivity index (χ2v) is 6.51. The van der Waals surface area contributed by atoms with Crippen LogP contribution in [0, 0.1) is 19.8 Å². The number of nitrogens with one attached hydrogen (secondary N) is 1. The summed E-state index contributed by atoms with van der Waals surface area (Å²) in [6.07, 6.45) is 5.82. The van der Waals surface area contributed by atoms with Crippen molar-refractivity contribution in [3.05, 3.63) is 23.5 Å². The molecule has 1 N–H and O–H groups in total. The van der Waals surface area contributed by atoms with E-state index in [1.807, 2.05) is 36.3 Å². The molecule has 2 aromatic rings. The van der Waals surface area contributed by atoms with Crippen molar-refractivity contribution in [1.29, 1.82) is 0 Å². The van der Waals surface area contributed by atoms with Crippen molar-refractivity contribution < 1.29 is 4.79 Å². The van der Waals surface area contributed by atoms with Crippen LogP contribution in [0.15, 0.2) is 6.20 Å². The average molecular weight is 331 g/mol. The number of amides is 1. The van der Waals surface area contributed by atoms with Crippen LogP contribution < -0.4 is 5.32 Å². The minimum Gasteiger partial charge on any atom is -0.353 e. The Hall–Kier alpha value is -2.25. The first-order valence-corrected chi connectivity index (χ1v) is 8.61. The second-order valence-electron chi connectivity index (χ2n) is 6.51. The van der Waals surface area contributed by atoms with Crippen LogP contribution in [0.4, 0.5) is 0 Å². The number of carbonyl (C=O) groups is 1. The molecule has 1 saturated carbocycles. The van der Waals surface area contributed by atoms with Gasteiger partial charge in [0.1, 0.15) is 17.3 Å². The van der Waals surface area contributed by atoms with Gasteiger partial charge in [0, 0.05) is 19.0 Å². The van der Waals surface area contributed by atoms with Gasteiger partial charge in [0.05, 0.1) is 12.7 Å². The Balaban J connectivity index is 1.61. The van der Waals surface area contributed by atoms with E-state index in [0.29, 0.717) is 18.9 Å². The van der Waals surface area contributed by atoms with Crippen LogP contribution in [-0.2, 0) is 17.9 Å². The Morgan fingerprint density at radius 3 is 2.92 bits per heavy atom. The SMILES string of the molecule is CCC(=O)N[C@@H]1CCC[C@@H]1Cn1cc(Cn2nc(C)nc2C)nn1. The molecule has 130 valence electrons. The molecule has 3 rings (SSSR count). The van der Waals surface area contributed by atoms with Gasteiger partial charge < -0.3 is 5.32 Å². The molecule has 1 fully saturated rings. The fourth-order valence-electron chi connectivity index (χ4n) is 3.36. The van der Waals surface area contributed by atoms with Crippen molar-refractivity contribution in [1.82, 2.24) is 35.1 Å². The average Bonchev–Trinajstić information content (AvgIpc) is 3.23. The van der Waals surface area contributed by atoms with Gasteiger partial charge in [0.2, 0.25) is 5.91 Å². The van der Waals surface area contributed by atoms with Crippen LogP contribution >= 0.6 is 0 Å². The first-order chi connectivity index (χ1) is 11.5. The van der Waals surface area contributed by atoms with Crippen LogP contribution in [0.3, 0.4) is 0 Å². The van der Waals surface area contributed by atoms with Gasteiger partial charge >= 0.3 is 0 Å². The normalized spacial score (nSPS) is 20.5. The molecule has 0 aliphatic heterocycles. The van der Waals surface area contributed by atoms with E-state index in [4.69, 9.17) is 0 Å². The summed E-state index contributed by atoms with van der Waals surface area (Å²) in [6, 6.07) is 0.255. The lowest BCUT2D eigenvalue weighted by atomic mass is 10.0. The number of rotatable bonds is 6. The van der Waals surface area contributed by atoms with Gasteiger partial charge in [-0.15, -0.1) is 5.10 Å². The molecular weight excluding hydrogens is 306 g/mol. The molecule has 8 nitrogen and oxygen atoms in total. The number of aryl methyl sites for hydroxylation is 2. The van der Waals surface area contributed by atoms with Gasteiger partial charge in [-0.3, -0.25) is 9.48 Å². The molecule has 0 radical (unpaired) electrons. The highest BCUT2D eigenvalue weighted by atomic mass is 16.1. The van der Waals surface area contributed by atoms with E-state index in [1.54, 1.807) is 0 Å². The summed E-state index contributed by atoms with van der Waals surface area (Å²) in [4.78, 5) is 15.9. The predicted molar refractivity (Wildman–Crippen MR) is 88.2 cm³/mol. The lowest BCUT2D eigenvalue weighted by Gasteiger charge is -2.20. The van der Waals surface area contributed by atoms with Crippen molar-refractivity contribution in [3.63, 3.8) is 0 Å². The number of hydrogen-bond acceptors (Lipinski definition) is 5. The molecule has 1 aliphatic carbocycles. The topological polar surface area (TPSA) is 90.5 Å². The summed E-state index contributed by atoms with van der Waals surface area (Å²) >= 11 is 0. The zero-order chi connectivity index (χ0) is 17.1. The molecule has 0 bridgehead atoms. The minimum absolute atomic E-state index is 0.128. The standard InChI is InChI=1S/C16H25N7O/c1-4-16(24)18-15-7-5-6-13(15)8-22-9-14(19-21-22)10-23-12(3)17-11(2)20-23/h9,13,15H,4-8,10H2,1-3H3,(H,18,24)/t13-,15-/m1/s1. The van der Waals surface area contributed by atoms with Gasteiger partial charge in [-0.2, -0.15) is 5.10 Å². The Morgan fingerprint density at radius 2 is 2.21 bits per heavy atom. The third-order valence-corrected chi connectivity index (χ3v) is 4.61. The highest BCUT2D eigenvalue weighted by molar-refractivity contribution is 5.75. The van der Waals surface area contributed by atoms with E-state index in [1.165, 1.54) is 0 Å². The third kappa shape index (κ3) is 3.80. The molecule has 1 amide bonds. The summed E-state index contributed by atoms with van der Waals surface area (Å²) in [6.45, 7) is 7.07. The van der Waals surface area contributed by atoms with Crippen molar-refractivity contribution in [2.24, 2.45) is 5.92 Å². The van der Waals surface area contributed by atoms with Crippen LogP contribution in [0.2, 0.25) is 0 Å². The predicted octanol–water partition coefficient (Wildman–Crippen LogP) is 1.23. The summed E-state index contributed by atoms with van der Waals surface area (Å²) in [7, 11) is 0. The molecule has 0 spiro atoms. The van der Waals surface area contributed by atoms with E-state index in [2.05, 4.69) is 25.7 Å². The Kier molecular flexibility index (Phi) is 4.92. The van der Waals surface area contributed by atoms with Gasteiger partial charge in [-0.1, -0.05) is 18.6 Å². The summed E-state index contributed by atoms with van der Waals surface area (Å²) in [5.74, 6) is 2.19. The monoisotopic (exact) mass is 331 g/mol. The van der Waals surface area contributed by atoms with Gasteiger partial charge in [-0.25, -0.2) is 9.67 Å². The van der Waals surface area contributed by atoms with Crippen molar-refractivity contribution in [3.8, 4) is 0 Å². The van der Waals surface area contributed by atoms with Gasteiger partial charge in [-0.05, 0) is 32.6 Å². The first kappa shape index (κ1) is 16.6. The van der Waals surface area contributed by atoms with Crippen LogP contribution in [0.5, 0.6) is 0 Å². The molecule has 24 heavy (non-hydrogen) atoms. The Bertz CT molecular complexity index is 705. The molecule has 0 saturated heterocycles. The van der Waals surface area contributed by atoms with Gasteiger partial charge in [0.15, 0.2) is 0 Å². The van der Waals surface area contributed by atoms with Crippen LogP contribution in [0.1, 0.15) is 49.9 Å². The maximum Gasteiger partial charge on any atom is 0.219 e. The van der Waals surface area contributed by atoms with E-state index >= 15 is 0 Å². The first-order valence-electron chi connectivity index (χ1n) is 8.61. The Morgan fingerprint density at radius 1 is 1.38 bits per heavy atom. The minimum atomic E-state index is 0.128. The van der Waals surface area contributed by atoms with Crippen molar-refractivity contribution >= 4 is 5.91 Å². The molecule has 2 heterocycles. The van der Waals surface area contributed by atoms with Gasteiger partial charge in [0.25, 0.3) is 0 Å². The zero-order valence-electron chi connectivity index (χ0n) is 14.6. The van der Waals surface area contributed by atoms with E-state index in [0.717, 1.165) is 43.1 Å². The fraction of sp³-hybridized carbons (Fsp3) is 0.688. The molecule has 0 aromatic carbocycles. The maximum atomic E-state index is 11.6. The van der Waals surface area contributed by atoms with Crippen LogP contribution in [-0.4, -0.2) is 41.7 Å². The zero-order valence-corrected chi connectivity index (χ0v) is 14.6. The largest absolute Gasteiger partial charge is 0.353 e. The van der Waals surface area contributed by atoms with Crippen molar-refractivity contribution in [2.45, 2.75) is 65.6 Å². The highest BCUT2D eigenvalue weighted by Gasteiger charge is 2.28. The van der Waals surface area contributed by atoms with Crippen LogP contribution in [0.25, 0.3) is 0 Å². The number of nitrogens with zero attached hydrogens (tertiary/aromatic N) is 6. The summed E-state index contributed by atoms with van der Waals surface area (Å²) in [5.41, 5.74) is 0.871. The maximum absolute atomic E-state index is 11.6. The molecule has 0 unspecified atom stereocenters. The lowest BCUT2D eigenvalue weighted by Crippen LogP contribution is -2.38. The molecule has 2 aromatic heterocycles. The second kappa shape index (κ2) is 7.11. The summed E-state index contributed by atoms with van der Waals surface area (Å²) < 4.78 is 3.72. The summed E-state index contributed by atoms with van der Waals surface area (Å²) in [5, 5.41) is 16.0. The molecular formula is C16H25N7O. The molecule has 8 heteroatoms. The Labute approximate surface area is 141 Å². The lowest BCUT2D eigenvalue weighted by molar-refractivity contribution is -0.121. The van der Waals surface area contributed by atoms with E-state index in [-0.39, 0.29) is 11.9 Å². The number of hydrogen-bond donors (Lipinski definition) is 1.